The molecule has 0 saturated heterocycles. The number of rotatable bonds is 5. The normalized spacial score (nSPS) is 12.2. The lowest BCUT2D eigenvalue weighted by Crippen LogP contribution is -2.01. The molecule has 2 aromatic rings. The van der Waals surface area contributed by atoms with Crippen LogP contribution in [0.2, 0.25) is 0 Å². The Balaban J connectivity index is 2.22. The van der Waals surface area contributed by atoms with Crippen LogP contribution in [0.1, 0.15) is 33.5 Å². The summed E-state index contributed by atoms with van der Waals surface area (Å²) >= 11 is 0. The fourth-order valence-corrected chi connectivity index (χ4v) is 1.89. The maximum Gasteiger partial charge on any atom is 0.373 e. The number of benzene rings is 1. The van der Waals surface area contributed by atoms with Gasteiger partial charge in [-0.05, 0) is 23.3 Å². The average Bonchev–Trinajstić information content (AvgIpc) is 2.96. The van der Waals surface area contributed by atoms with Crippen molar-refractivity contribution in [3.63, 3.8) is 0 Å². The highest BCUT2D eigenvalue weighted by Crippen LogP contribution is 2.25. The minimum absolute atomic E-state index is 0.0644. The van der Waals surface area contributed by atoms with E-state index in [1.807, 2.05) is 18.2 Å². The van der Waals surface area contributed by atoms with Crippen molar-refractivity contribution < 1.29 is 23.8 Å². The Bertz CT molecular complexity index is 587. The molecule has 0 spiro atoms. The van der Waals surface area contributed by atoms with Gasteiger partial charge in [-0.25, -0.2) is 4.79 Å². The van der Waals surface area contributed by atoms with Crippen molar-refractivity contribution in [3.05, 3.63) is 59.0 Å². The van der Waals surface area contributed by atoms with Crippen molar-refractivity contribution in [2.24, 2.45) is 0 Å². The average molecular weight is 276 g/mol. The van der Waals surface area contributed by atoms with E-state index in [2.05, 4.69) is 4.74 Å². The maximum absolute atomic E-state index is 11.3. The Morgan fingerprint density at radius 2 is 2.10 bits per heavy atom. The zero-order valence-corrected chi connectivity index (χ0v) is 11.3. The van der Waals surface area contributed by atoms with Crippen molar-refractivity contribution in [1.29, 1.82) is 0 Å². The summed E-state index contributed by atoms with van der Waals surface area (Å²) in [5.41, 5.74) is 1.62. The largest absolute Gasteiger partial charge is 0.463 e. The number of aliphatic hydroxyl groups excluding tert-OH is 1. The van der Waals surface area contributed by atoms with Gasteiger partial charge in [0.25, 0.3) is 0 Å². The zero-order valence-electron chi connectivity index (χ0n) is 11.3. The van der Waals surface area contributed by atoms with Crippen molar-refractivity contribution in [3.8, 4) is 0 Å². The molecular weight excluding hydrogens is 260 g/mol. The number of methoxy groups -OCH3 is 2. The second-order valence-electron chi connectivity index (χ2n) is 4.27. The zero-order chi connectivity index (χ0) is 14.5. The molecule has 1 aromatic carbocycles. The fourth-order valence-electron chi connectivity index (χ4n) is 1.89. The smallest absolute Gasteiger partial charge is 0.373 e. The molecule has 0 saturated carbocycles. The van der Waals surface area contributed by atoms with Crippen LogP contribution in [0, 0.1) is 0 Å². The van der Waals surface area contributed by atoms with Gasteiger partial charge in [0.15, 0.2) is 0 Å². The standard InChI is InChI=1S/C15H16O5/c1-18-9-10-4-3-5-11(8-10)14(16)12-6-7-13(20-12)15(17)19-2/h3-8,14,16H,9H2,1-2H3. The third-order valence-corrected chi connectivity index (χ3v) is 2.86. The molecule has 20 heavy (non-hydrogen) atoms. The van der Waals surface area contributed by atoms with Crippen LogP contribution >= 0.6 is 0 Å². The molecule has 0 amide bonds. The molecule has 106 valence electrons. The molecular formula is C15H16O5. The predicted molar refractivity (Wildman–Crippen MR) is 71.3 cm³/mol. The first-order valence-corrected chi connectivity index (χ1v) is 6.09. The van der Waals surface area contributed by atoms with Gasteiger partial charge in [-0.2, -0.15) is 0 Å². The van der Waals surface area contributed by atoms with E-state index in [4.69, 9.17) is 9.15 Å². The lowest BCUT2D eigenvalue weighted by molar-refractivity contribution is 0.0558. The van der Waals surface area contributed by atoms with Gasteiger partial charge in [-0.3, -0.25) is 0 Å². The van der Waals surface area contributed by atoms with Crippen LogP contribution in [0.15, 0.2) is 40.8 Å². The summed E-state index contributed by atoms with van der Waals surface area (Å²) in [5, 5.41) is 10.3. The number of carbonyl (C=O) groups excluding carboxylic acids is 1. The molecule has 5 heteroatoms. The summed E-state index contributed by atoms with van der Waals surface area (Å²) in [6, 6.07) is 10.4. The molecule has 1 heterocycles. The molecule has 1 N–H and O–H groups in total. The Labute approximate surface area is 116 Å². The maximum atomic E-state index is 11.3. The number of furan rings is 1. The van der Waals surface area contributed by atoms with Crippen molar-refractivity contribution in [2.75, 3.05) is 14.2 Å². The Hall–Kier alpha value is -2.11. The first-order chi connectivity index (χ1) is 9.65. The van der Waals surface area contributed by atoms with Crippen molar-refractivity contribution in [1.82, 2.24) is 0 Å². The van der Waals surface area contributed by atoms with Crippen LogP contribution in [0.4, 0.5) is 0 Å². The Kier molecular flexibility index (Phi) is 4.55. The van der Waals surface area contributed by atoms with Crippen molar-refractivity contribution in [2.45, 2.75) is 12.7 Å². The Morgan fingerprint density at radius 3 is 2.80 bits per heavy atom. The van der Waals surface area contributed by atoms with Gasteiger partial charge in [0.1, 0.15) is 11.9 Å². The molecule has 5 nitrogen and oxygen atoms in total. The van der Waals surface area contributed by atoms with E-state index in [0.717, 1.165) is 5.56 Å². The molecule has 1 aromatic heterocycles. The molecule has 0 aliphatic rings. The summed E-state index contributed by atoms with van der Waals surface area (Å²) in [5.74, 6) is -0.217. The van der Waals surface area contributed by atoms with E-state index >= 15 is 0 Å². The third kappa shape index (κ3) is 3.07. The van der Waals surface area contributed by atoms with E-state index in [1.54, 1.807) is 19.2 Å². The lowest BCUT2D eigenvalue weighted by Gasteiger charge is -2.10. The molecule has 0 fully saturated rings. The SMILES string of the molecule is COCc1cccc(C(O)c2ccc(C(=O)OC)o2)c1. The summed E-state index contributed by atoms with van der Waals surface area (Å²) < 4.78 is 14.9. The minimum atomic E-state index is -0.940. The van der Waals surface area contributed by atoms with Gasteiger partial charge in [-0.15, -0.1) is 0 Å². The number of esters is 1. The summed E-state index contributed by atoms with van der Waals surface area (Å²) in [4.78, 5) is 11.3. The second kappa shape index (κ2) is 6.36. The van der Waals surface area contributed by atoms with Gasteiger partial charge < -0.3 is 19.0 Å². The highest BCUT2D eigenvalue weighted by Gasteiger charge is 2.18. The molecule has 0 aliphatic carbocycles. The quantitative estimate of drug-likeness (QED) is 0.848. The van der Waals surface area contributed by atoms with Crippen LogP contribution in [-0.2, 0) is 16.1 Å². The molecule has 0 radical (unpaired) electrons. The van der Waals surface area contributed by atoms with Crippen LogP contribution in [-0.4, -0.2) is 25.3 Å². The first kappa shape index (κ1) is 14.3. The molecule has 2 rings (SSSR count). The highest BCUT2D eigenvalue weighted by molar-refractivity contribution is 5.86. The first-order valence-electron chi connectivity index (χ1n) is 6.09. The molecule has 1 atom stereocenters. The van der Waals surface area contributed by atoms with Gasteiger partial charge in [-0.1, -0.05) is 24.3 Å². The second-order valence-corrected chi connectivity index (χ2v) is 4.27. The minimum Gasteiger partial charge on any atom is -0.463 e. The highest BCUT2D eigenvalue weighted by atomic mass is 16.5. The van der Waals surface area contributed by atoms with E-state index in [1.165, 1.54) is 13.2 Å². The van der Waals surface area contributed by atoms with Gasteiger partial charge in [0.2, 0.25) is 5.76 Å². The topological polar surface area (TPSA) is 68.9 Å². The number of carbonyl (C=O) groups is 1. The van der Waals surface area contributed by atoms with E-state index < -0.39 is 12.1 Å². The van der Waals surface area contributed by atoms with E-state index in [0.29, 0.717) is 17.9 Å². The number of aliphatic hydroxyl groups is 1. The van der Waals surface area contributed by atoms with Crippen LogP contribution in [0.25, 0.3) is 0 Å². The predicted octanol–water partition coefficient (Wildman–Crippen LogP) is 2.29. The molecule has 1 unspecified atom stereocenters. The van der Waals surface area contributed by atoms with Gasteiger partial charge >= 0.3 is 5.97 Å². The van der Waals surface area contributed by atoms with Crippen LogP contribution in [0.3, 0.4) is 0 Å². The van der Waals surface area contributed by atoms with E-state index in [9.17, 15) is 9.90 Å². The van der Waals surface area contributed by atoms with E-state index in [-0.39, 0.29) is 5.76 Å². The Morgan fingerprint density at radius 1 is 1.30 bits per heavy atom. The number of ether oxygens (including phenoxy) is 2. The monoisotopic (exact) mass is 276 g/mol. The molecule has 0 aliphatic heterocycles. The third-order valence-electron chi connectivity index (χ3n) is 2.86. The van der Waals surface area contributed by atoms with Crippen LogP contribution < -0.4 is 0 Å². The summed E-state index contributed by atoms with van der Waals surface area (Å²) in [6.45, 7) is 0.464. The summed E-state index contributed by atoms with van der Waals surface area (Å²) in [7, 11) is 2.88. The van der Waals surface area contributed by atoms with Gasteiger partial charge in [0, 0.05) is 7.11 Å². The fraction of sp³-hybridized carbons (Fsp3) is 0.267. The number of hydrogen-bond donors (Lipinski definition) is 1. The van der Waals surface area contributed by atoms with Gasteiger partial charge in [0.05, 0.1) is 13.7 Å². The molecule has 0 bridgehead atoms. The lowest BCUT2D eigenvalue weighted by atomic mass is 10.0. The summed E-state index contributed by atoms with van der Waals surface area (Å²) in [6.07, 6.45) is -0.940. The van der Waals surface area contributed by atoms with Crippen molar-refractivity contribution >= 4 is 5.97 Å². The number of hydrogen-bond acceptors (Lipinski definition) is 5. The van der Waals surface area contributed by atoms with Crippen LogP contribution in [0.5, 0.6) is 0 Å².